The van der Waals surface area contributed by atoms with Crippen molar-refractivity contribution in [3.63, 3.8) is 0 Å². The van der Waals surface area contributed by atoms with Gasteiger partial charge in [0.15, 0.2) is 5.96 Å². The molecular formula is C19H26ClN5O2. The molecule has 1 aliphatic rings. The molecule has 1 aliphatic heterocycles. The van der Waals surface area contributed by atoms with Gasteiger partial charge in [-0.05, 0) is 39.3 Å². The van der Waals surface area contributed by atoms with Gasteiger partial charge in [0, 0.05) is 32.5 Å². The number of esters is 1. The lowest BCUT2D eigenvalue weighted by atomic mass is 10.1. The highest BCUT2D eigenvalue weighted by Gasteiger charge is 2.33. The van der Waals surface area contributed by atoms with E-state index in [0.29, 0.717) is 18.1 Å². The van der Waals surface area contributed by atoms with Gasteiger partial charge in [-0.2, -0.15) is 0 Å². The van der Waals surface area contributed by atoms with Crippen molar-refractivity contribution < 1.29 is 9.53 Å². The average Bonchev–Trinajstić information content (AvgIpc) is 3.20. The van der Waals surface area contributed by atoms with Crippen LogP contribution in [0.4, 0.5) is 0 Å². The second-order valence-electron chi connectivity index (χ2n) is 7.71. The summed E-state index contributed by atoms with van der Waals surface area (Å²) in [5.41, 5.74) is 1.27. The largest absolute Gasteiger partial charge is 0.460 e. The van der Waals surface area contributed by atoms with Crippen LogP contribution in [0.3, 0.4) is 0 Å². The number of nitrogens with zero attached hydrogens (tertiary/aromatic N) is 4. The molecule has 0 radical (unpaired) electrons. The van der Waals surface area contributed by atoms with E-state index in [4.69, 9.17) is 16.3 Å². The molecule has 2 aromatic rings. The summed E-state index contributed by atoms with van der Waals surface area (Å²) in [6.45, 7) is 7.58. The van der Waals surface area contributed by atoms with Gasteiger partial charge in [-0.1, -0.05) is 11.6 Å². The smallest absolute Gasteiger partial charge is 0.311 e. The molecule has 2 aromatic heterocycles. The fraction of sp³-hybridized carbons (Fsp3) is 0.526. The van der Waals surface area contributed by atoms with E-state index in [-0.39, 0.29) is 11.9 Å². The fourth-order valence-electron chi connectivity index (χ4n) is 3.13. The number of imidazole rings is 1. The van der Waals surface area contributed by atoms with E-state index in [2.05, 4.69) is 20.2 Å². The molecule has 3 rings (SSSR count). The minimum atomic E-state index is -0.462. The van der Waals surface area contributed by atoms with Crippen molar-refractivity contribution in [1.82, 2.24) is 19.6 Å². The number of aliphatic imine (C=N–C) groups is 1. The summed E-state index contributed by atoms with van der Waals surface area (Å²) in [6, 6.07) is 3.70. The molecule has 0 spiro atoms. The van der Waals surface area contributed by atoms with Crippen LogP contribution in [0.2, 0.25) is 5.02 Å². The van der Waals surface area contributed by atoms with Crippen LogP contribution in [0.15, 0.2) is 29.5 Å². The fourth-order valence-corrected chi connectivity index (χ4v) is 3.30. The predicted octanol–water partition coefficient (Wildman–Crippen LogP) is 2.73. The number of halogens is 1. The van der Waals surface area contributed by atoms with Gasteiger partial charge >= 0.3 is 5.97 Å². The molecule has 0 aromatic carbocycles. The first-order valence-electron chi connectivity index (χ1n) is 9.07. The van der Waals surface area contributed by atoms with Gasteiger partial charge in [0.25, 0.3) is 0 Å². The third-order valence-electron chi connectivity index (χ3n) is 4.33. The molecule has 1 N–H and O–H groups in total. The molecule has 1 atom stereocenters. The Labute approximate surface area is 164 Å². The van der Waals surface area contributed by atoms with E-state index >= 15 is 0 Å². The molecule has 146 valence electrons. The molecule has 0 bridgehead atoms. The van der Waals surface area contributed by atoms with Crippen molar-refractivity contribution in [1.29, 1.82) is 0 Å². The van der Waals surface area contributed by atoms with E-state index in [0.717, 1.165) is 30.3 Å². The number of rotatable bonds is 3. The maximum Gasteiger partial charge on any atom is 0.311 e. The maximum atomic E-state index is 12.3. The molecule has 0 aliphatic carbocycles. The van der Waals surface area contributed by atoms with Gasteiger partial charge in [0.2, 0.25) is 0 Å². The molecule has 0 amide bonds. The van der Waals surface area contributed by atoms with E-state index in [1.165, 1.54) is 0 Å². The van der Waals surface area contributed by atoms with Gasteiger partial charge in [0.05, 0.1) is 23.2 Å². The molecular weight excluding hydrogens is 366 g/mol. The van der Waals surface area contributed by atoms with Gasteiger partial charge < -0.3 is 19.4 Å². The van der Waals surface area contributed by atoms with E-state index in [1.54, 1.807) is 7.05 Å². The molecule has 7 nitrogen and oxygen atoms in total. The minimum absolute atomic E-state index is 0.125. The van der Waals surface area contributed by atoms with Crippen molar-refractivity contribution in [3.05, 3.63) is 35.2 Å². The highest BCUT2D eigenvalue weighted by Crippen LogP contribution is 2.21. The Balaban J connectivity index is 1.58. The monoisotopic (exact) mass is 391 g/mol. The highest BCUT2D eigenvalue weighted by molar-refractivity contribution is 6.30. The number of fused-ring (bicyclic) bond motifs is 1. The lowest BCUT2D eigenvalue weighted by Gasteiger charge is -2.23. The molecule has 1 unspecified atom stereocenters. The first-order valence-corrected chi connectivity index (χ1v) is 9.44. The minimum Gasteiger partial charge on any atom is -0.460 e. The summed E-state index contributed by atoms with van der Waals surface area (Å²) in [6.07, 6.45) is 4.53. The van der Waals surface area contributed by atoms with Gasteiger partial charge in [-0.15, -0.1) is 0 Å². The van der Waals surface area contributed by atoms with Gasteiger partial charge in [-0.3, -0.25) is 9.79 Å². The van der Waals surface area contributed by atoms with Crippen molar-refractivity contribution >= 4 is 29.2 Å². The van der Waals surface area contributed by atoms with E-state index in [1.807, 2.05) is 49.7 Å². The zero-order valence-corrected chi connectivity index (χ0v) is 17.0. The number of hydrogen-bond donors (Lipinski definition) is 1. The maximum absolute atomic E-state index is 12.3. The topological polar surface area (TPSA) is 71.2 Å². The number of aromatic nitrogens is 2. The first kappa shape index (κ1) is 19.5. The molecule has 27 heavy (non-hydrogen) atoms. The zero-order valence-electron chi connectivity index (χ0n) is 16.2. The highest BCUT2D eigenvalue weighted by atomic mass is 35.5. The van der Waals surface area contributed by atoms with Crippen molar-refractivity contribution in [3.8, 4) is 0 Å². The van der Waals surface area contributed by atoms with Crippen LogP contribution in [0.25, 0.3) is 5.65 Å². The van der Waals surface area contributed by atoms with Crippen LogP contribution in [-0.2, 0) is 16.1 Å². The number of guanidine groups is 1. The summed E-state index contributed by atoms with van der Waals surface area (Å²) >= 11 is 6.02. The number of hydrogen-bond acceptors (Lipinski definition) is 4. The third-order valence-corrected chi connectivity index (χ3v) is 4.56. The molecule has 0 saturated carbocycles. The second kappa shape index (κ2) is 7.76. The zero-order chi connectivity index (χ0) is 19.6. The lowest BCUT2D eigenvalue weighted by molar-refractivity contribution is -0.159. The average molecular weight is 392 g/mol. The number of ether oxygens (including phenoxy) is 1. The Morgan fingerprint density at radius 3 is 2.89 bits per heavy atom. The van der Waals surface area contributed by atoms with Crippen LogP contribution in [0.1, 0.15) is 32.9 Å². The first-order chi connectivity index (χ1) is 12.7. The summed E-state index contributed by atoms with van der Waals surface area (Å²) in [5.74, 6) is 0.494. The Hall–Kier alpha value is -2.28. The normalized spacial score (nSPS) is 18.2. The van der Waals surface area contributed by atoms with Crippen molar-refractivity contribution in [2.45, 2.75) is 39.3 Å². The number of carbonyl (C=O) groups is 1. The second-order valence-corrected chi connectivity index (χ2v) is 8.15. The van der Waals surface area contributed by atoms with Crippen LogP contribution >= 0.6 is 11.6 Å². The summed E-state index contributed by atoms with van der Waals surface area (Å²) in [4.78, 5) is 23.3. The van der Waals surface area contributed by atoms with Gasteiger partial charge in [-0.25, -0.2) is 4.98 Å². The summed E-state index contributed by atoms with van der Waals surface area (Å²) < 4.78 is 7.41. The number of pyridine rings is 1. The number of carbonyl (C=O) groups excluding carboxylic acids is 1. The SMILES string of the molecule is CN=C(NCc1cn2cc(Cl)ccc2n1)N1CCC(C(=O)OC(C)(C)C)C1. The van der Waals surface area contributed by atoms with Crippen molar-refractivity contribution in [2.75, 3.05) is 20.1 Å². The van der Waals surface area contributed by atoms with Crippen LogP contribution in [-0.4, -0.2) is 52.0 Å². The summed E-state index contributed by atoms with van der Waals surface area (Å²) in [5, 5.41) is 3.99. The number of likely N-dealkylation sites (tertiary alicyclic amines) is 1. The molecule has 1 saturated heterocycles. The molecule has 8 heteroatoms. The Kier molecular flexibility index (Phi) is 5.60. The van der Waals surface area contributed by atoms with E-state index < -0.39 is 5.60 Å². The predicted molar refractivity (Wildman–Crippen MR) is 106 cm³/mol. The Morgan fingerprint density at radius 2 is 2.19 bits per heavy atom. The van der Waals surface area contributed by atoms with Gasteiger partial charge in [0.1, 0.15) is 11.2 Å². The molecule has 3 heterocycles. The van der Waals surface area contributed by atoms with Crippen molar-refractivity contribution in [2.24, 2.45) is 10.9 Å². The number of nitrogens with one attached hydrogen (secondary N) is 1. The van der Waals surface area contributed by atoms with Crippen LogP contribution in [0, 0.1) is 5.92 Å². The lowest BCUT2D eigenvalue weighted by Crippen LogP contribution is -2.40. The molecule has 1 fully saturated rings. The summed E-state index contributed by atoms with van der Waals surface area (Å²) in [7, 11) is 1.74. The van der Waals surface area contributed by atoms with Crippen LogP contribution < -0.4 is 5.32 Å². The van der Waals surface area contributed by atoms with Crippen LogP contribution in [0.5, 0.6) is 0 Å². The Bertz CT molecular complexity index is 855. The standard InChI is InChI=1S/C19H26ClN5O2/c1-19(2,3)27-17(26)13-7-8-24(10-13)18(21-4)22-9-15-12-25-11-14(20)5-6-16(25)23-15/h5-6,11-13H,7-10H2,1-4H3,(H,21,22). The Morgan fingerprint density at radius 1 is 1.41 bits per heavy atom. The van der Waals surface area contributed by atoms with E-state index in [9.17, 15) is 4.79 Å². The quantitative estimate of drug-likeness (QED) is 0.495. The third kappa shape index (κ3) is 4.91.